The SMILES string of the molecule is CCn1c(SCC(=O)Nc2ccc(F)cc2)nnc1[C@@H](C)NC(=O)c1ccc(Cl)c(Cl)c1. The molecule has 0 aliphatic heterocycles. The van der Waals surface area contributed by atoms with Crippen LogP contribution in [0.25, 0.3) is 0 Å². The second-order valence-electron chi connectivity index (χ2n) is 6.75. The lowest BCUT2D eigenvalue weighted by molar-refractivity contribution is -0.113. The molecule has 0 aliphatic carbocycles. The van der Waals surface area contributed by atoms with E-state index in [1.54, 1.807) is 19.1 Å². The van der Waals surface area contributed by atoms with Crippen LogP contribution in [0.3, 0.4) is 0 Å². The van der Waals surface area contributed by atoms with E-state index in [1.165, 1.54) is 42.1 Å². The Balaban J connectivity index is 1.62. The van der Waals surface area contributed by atoms with Crippen LogP contribution in [-0.2, 0) is 11.3 Å². The minimum absolute atomic E-state index is 0.0967. The monoisotopic (exact) mass is 495 g/mol. The maximum Gasteiger partial charge on any atom is 0.251 e. The normalized spacial score (nSPS) is 11.8. The Hall–Kier alpha value is -2.62. The number of carbonyl (C=O) groups is 2. The zero-order chi connectivity index (χ0) is 23.3. The van der Waals surface area contributed by atoms with Crippen LogP contribution < -0.4 is 10.6 Å². The molecule has 7 nitrogen and oxygen atoms in total. The lowest BCUT2D eigenvalue weighted by atomic mass is 10.2. The van der Waals surface area contributed by atoms with Gasteiger partial charge in [-0.25, -0.2) is 4.39 Å². The molecule has 1 atom stereocenters. The lowest BCUT2D eigenvalue weighted by Crippen LogP contribution is -2.28. The smallest absolute Gasteiger partial charge is 0.251 e. The molecule has 1 heterocycles. The number of rotatable bonds is 8. The first kappa shape index (κ1) is 24.0. The molecule has 0 unspecified atom stereocenters. The summed E-state index contributed by atoms with van der Waals surface area (Å²) in [6.45, 7) is 4.27. The van der Waals surface area contributed by atoms with E-state index in [0.717, 1.165) is 0 Å². The number of halogens is 3. The van der Waals surface area contributed by atoms with Gasteiger partial charge >= 0.3 is 0 Å². The van der Waals surface area contributed by atoms with Gasteiger partial charge in [-0.1, -0.05) is 35.0 Å². The fraction of sp³-hybridized carbons (Fsp3) is 0.238. The minimum Gasteiger partial charge on any atom is -0.342 e. The molecular formula is C21H20Cl2FN5O2S. The van der Waals surface area contributed by atoms with Crippen LogP contribution in [0.1, 0.15) is 36.1 Å². The summed E-state index contributed by atoms with van der Waals surface area (Å²) in [5.41, 5.74) is 0.883. The second-order valence-corrected chi connectivity index (χ2v) is 8.51. The number of benzene rings is 2. The van der Waals surface area contributed by atoms with Crippen molar-refractivity contribution in [2.24, 2.45) is 0 Å². The summed E-state index contributed by atoms with van der Waals surface area (Å²) < 4.78 is 14.8. The quantitative estimate of drug-likeness (QED) is 0.430. The number of nitrogens with one attached hydrogen (secondary N) is 2. The van der Waals surface area contributed by atoms with Crippen molar-refractivity contribution in [3.05, 3.63) is 69.7 Å². The molecule has 0 fully saturated rings. The third kappa shape index (κ3) is 5.99. The molecule has 2 amide bonds. The third-order valence-corrected chi connectivity index (χ3v) is 6.14. The van der Waals surface area contributed by atoms with Crippen LogP contribution in [0.4, 0.5) is 10.1 Å². The van der Waals surface area contributed by atoms with Crippen LogP contribution in [-0.4, -0.2) is 32.3 Å². The van der Waals surface area contributed by atoms with Gasteiger partial charge in [0.2, 0.25) is 5.91 Å². The van der Waals surface area contributed by atoms with Crippen molar-refractivity contribution in [3.8, 4) is 0 Å². The molecule has 0 radical (unpaired) electrons. The summed E-state index contributed by atoms with van der Waals surface area (Å²) in [4.78, 5) is 24.8. The summed E-state index contributed by atoms with van der Waals surface area (Å²) in [6.07, 6.45) is 0. The molecule has 0 bridgehead atoms. The van der Waals surface area contributed by atoms with Gasteiger partial charge in [0.05, 0.1) is 21.8 Å². The highest BCUT2D eigenvalue weighted by molar-refractivity contribution is 7.99. The molecule has 0 saturated carbocycles. The predicted octanol–water partition coefficient (Wildman–Crippen LogP) is 4.97. The first-order chi connectivity index (χ1) is 15.3. The van der Waals surface area contributed by atoms with Crippen molar-refractivity contribution in [3.63, 3.8) is 0 Å². The Kier molecular flexibility index (Phi) is 8.11. The first-order valence-electron chi connectivity index (χ1n) is 9.65. The second kappa shape index (κ2) is 10.8. The van der Waals surface area contributed by atoms with Gasteiger partial charge in [-0.2, -0.15) is 0 Å². The lowest BCUT2D eigenvalue weighted by Gasteiger charge is -2.15. The van der Waals surface area contributed by atoms with Crippen LogP contribution in [0.15, 0.2) is 47.6 Å². The Labute approximate surface area is 198 Å². The topological polar surface area (TPSA) is 88.9 Å². The fourth-order valence-electron chi connectivity index (χ4n) is 2.87. The van der Waals surface area contributed by atoms with Gasteiger partial charge in [-0.3, -0.25) is 9.59 Å². The number of aromatic nitrogens is 3. The zero-order valence-electron chi connectivity index (χ0n) is 17.2. The van der Waals surface area contributed by atoms with Crippen LogP contribution in [0, 0.1) is 5.82 Å². The van der Waals surface area contributed by atoms with E-state index in [1.807, 2.05) is 11.5 Å². The van der Waals surface area contributed by atoms with Crippen molar-refractivity contribution in [2.75, 3.05) is 11.1 Å². The van der Waals surface area contributed by atoms with E-state index in [2.05, 4.69) is 20.8 Å². The summed E-state index contributed by atoms with van der Waals surface area (Å²) in [5.74, 6) is -0.299. The molecule has 168 valence electrons. The number of nitrogens with zero attached hydrogens (tertiary/aromatic N) is 3. The summed E-state index contributed by atoms with van der Waals surface area (Å²) >= 11 is 13.1. The van der Waals surface area contributed by atoms with E-state index in [-0.39, 0.29) is 23.4 Å². The molecule has 0 saturated heterocycles. The summed E-state index contributed by atoms with van der Waals surface area (Å²) in [6, 6.07) is 9.73. The Morgan fingerprint density at radius 2 is 1.84 bits per heavy atom. The molecular weight excluding hydrogens is 476 g/mol. The minimum atomic E-state index is -0.438. The van der Waals surface area contributed by atoms with E-state index < -0.39 is 6.04 Å². The number of hydrogen-bond acceptors (Lipinski definition) is 5. The maximum absolute atomic E-state index is 13.0. The van der Waals surface area contributed by atoms with Crippen LogP contribution in [0.5, 0.6) is 0 Å². The Morgan fingerprint density at radius 3 is 2.50 bits per heavy atom. The summed E-state index contributed by atoms with van der Waals surface area (Å²) in [5, 5.41) is 15.1. The largest absolute Gasteiger partial charge is 0.342 e. The summed E-state index contributed by atoms with van der Waals surface area (Å²) in [7, 11) is 0. The van der Waals surface area contributed by atoms with Gasteiger partial charge in [-0.05, 0) is 56.3 Å². The van der Waals surface area contributed by atoms with E-state index >= 15 is 0 Å². The van der Waals surface area contributed by atoms with Gasteiger partial charge < -0.3 is 15.2 Å². The van der Waals surface area contributed by atoms with Crippen molar-refractivity contribution in [1.29, 1.82) is 0 Å². The molecule has 1 aromatic heterocycles. The predicted molar refractivity (Wildman–Crippen MR) is 124 cm³/mol. The Morgan fingerprint density at radius 1 is 1.12 bits per heavy atom. The molecule has 2 N–H and O–H groups in total. The number of hydrogen-bond donors (Lipinski definition) is 2. The van der Waals surface area contributed by atoms with E-state index in [9.17, 15) is 14.0 Å². The standard InChI is InChI=1S/C21H20Cl2FN5O2S/c1-3-29-19(12(2)25-20(31)13-4-9-16(22)17(23)10-13)27-28-21(29)32-11-18(30)26-15-7-5-14(24)6-8-15/h4-10,12H,3,11H2,1-2H3,(H,25,31)(H,26,30)/t12-/m1/s1. The van der Waals surface area contributed by atoms with Gasteiger partial charge in [0.1, 0.15) is 5.82 Å². The zero-order valence-corrected chi connectivity index (χ0v) is 19.6. The number of anilines is 1. The van der Waals surface area contributed by atoms with Crippen molar-refractivity contribution < 1.29 is 14.0 Å². The maximum atomic E-state index is 13.0. The van der Waals surface area contributed by atoms with E-state index in [0.29, 0.717) is 38.8 Å². The molecule has 2 aromatic carbocycles. The van der Waals surface area contributed by atoms with Crippen molar-refractivity contribution >= 4 is 52.5 Å². The molecule has 32 heavy (non-hydrogen) atoms. The van der Waals surface area contributed by atoms with Gasteiger partial charge in [0, 0.05) is 17.8 Å². The first-order valence-corrected chi connectivity index (χ1v) is 11.4. The fourth-order valence-corrected chi connectivity index (χ4v) is 3.97. The van der Waals surface area contributed by atoms with Gasteiger partial charge in [0.15, 0.2) is 11.0 Å². The average molecular weight is 496 g/mol. The highest BCUT2D eigenvalue weighted by atomic mass is 35.5. The van der Waals surface area contributed by atoms with E-state index in [4.69, 9.17) is 23.2 Å². The molecule has 0 aliphatic rings. The van der Waals surface area contributed by atoms with Crippen LogP contribution in [0.2, 0.25) is 10.0 Å². The molecule has 0 spiro atoms. The van der Waals surface area contributed by atoms with Gasteiger partial charge in [-0.15, -0.1) is 10.2 Å². The molecule has 11 heteroatoms. The van der Waals surface area contributed by atoms with Crippen LogP contribution >= 0.6 is 35.0 Å². The highest BCUT2D eigenvalue weighted by Crippen LogP contribution is 2.24. The van der Waals surface area contributed by atoms with Crippen molar-refractivity contribution in [1.82, 2.24) is 20.1 Å². The Bertz CT molecular complexity index is 1120. The molecule has 3 aromatic rings. The number of carbonyl (C=O) groups excluding carboxylic acids is 2. The molecule has 3 rings (SSSR count). The van der Waals surface area contributed by atoms with Gasteiger partial charge in [0.25, 0.3) is 5.91 Å². The third-order valence-electron chi connectivity index (χ3n) is 4.44. The average Bonchev–Trinajstić information content (AvgIpc) is 3.19. The number of amides is 2. The van der Waals surface area contributed by atoms with Crippen molar-refractivity contribution in [2.45, 2.75) is 31.6 Å². The number of thioether (sulfide) groups is 1. The highest BCUT2D eigenvalue weighted by Gasteiger charge is 2.20.